The number of carbonyl (C=O) groups excluding carboxylic acids is 1. The van der Waals surface area contributed by atoms with Crippen LogP contribution in [-0.2, 0) is 4.79 Å². The Balaban J connectivity index is 1.63. The topological polar surface area (TPSA) is 83.8 Å². The van der Waals surface area contributed by atoms with Crippen molar-refractivity contribution in [3.8, 4) is 0 Å². The number of hydrogen-bond acceptors (Lipinski definition) is 5. The molecule has 0 radical (unpaired) electrons. The van der Waals surface area contributed by atoms with Crippen molar-refractivity contribution in [1.82, 2.24) is 20.5 Å². The molecule has 0 bridgehead atoms. The number of nitrogens with zero attached hydrogens (tertiary/aromatic N) is 2. The standard InChI is InChI=1S/C15H18N4O2S/c1-10-5-6-11(21-10)7-8-13-17-15(19-18-13)22-12-4-2-3-9-16-14(12)20/h5-8,12H,2-4,9H2,1H3,(H,16,20)(H,17,18,19)/b8-7+. The Kier molecular flexibility index (Phi) is 4.62. The third-order valence-electron chi connectivity index (χ3n) is 3.38. The largest absolute Gasteiger partial charge is 0.462 e. The molecule has 1 aliphatic heterocycles. The van der Waals surface area contributed by atoms with Crippen LogP contribution in [0.3, 0.4) is 0 Å². The van der Waals surface area contributed by atoms with Gasteiger partial charge in [0.05, 0.1) is 5.25 Å². The van der Waals surface area contributed by atoms with Crippen molar-refractivity contribution in [3.63, 3.8) is 0 Å². The van der Waals surface area contributed by atoms with Gasteiger partial charge in [0.15, 0.2) is 0 Å². The molecule has 0 aromatic carbocycles. The number of aromatic nitrogens is 3. The van der Waals surface area contributed by atoms with Crippen LogP contribution < -0.4 is 5.32 Å². The number of thioether (sulfide) groups is 1. The molecule has 1 amide bonds. The zero-order valence-electron chi connectivity index (χ0n) is 12.3. The van der Waals surface area contributed by atoms with Crippen LogP contribution in [0, 0.1) is 6.92 Å². The lowest BCUT2D eigenvalue weighted by Crippen LogP contribution is -2.30. The number of aromatic amines is 1. The van der Waals surface area contributed by atoms with E-state index in [4.69, 9.17) is 4.42 Å². The van der Waals surface area contributed by atoms with E-state index in [0.717, 1.165) is 37.3 Å². The van der Waals surface area contributed by atoms with Gasteiger partial charge in [-0.25, -0.2) is 4.98 Å². The number of hydrogen-bond donors (Lipinski definition) is 2. The van der Waals surface area contributed by atoms with E-state index < -0.39 is 0 Å². The molecule has 2 aromatic rings. The van der Waals surface area contributed by atoms with Gasteiger partial charge >= 0.3 is 0 Å². The number of carbonyl (C=O) groups is 1. The monoisotopic (exact) mass is 318 g/mol. The Hall–Kier alpha value is -2.02. The fourth-order valence-corrected chi connectivity index (χ4v) is 3.22. The SMILES string of the molecule is Cc1ccc(/C=C/c2nc(SC3CCCCNC3=O)n[nH]2)o1. The van der Waals surface area contributed by atoms with Crippen LogP contribution in [-0.4, -0.2) is 32.9 Å². The van der Waals surface area contributed by atoms with Gasteiger partial charge in [-0.1, -0.05) is 18.2 Å². The van der Waals surface area contributed by atoms with Crippen LogP contribution in [0.5, 0.6) is 0 Å². The van der Waals surface area contributed by atoms with Crippen molar-refractivity contribution in [2.45, 2.75) is 36.6 Å². The summed E-state index contributed by atoms with van der Waals surface area (Å²) in [5, 5.41) is 10.4. The van der Waals surface area contributed by atoms with Crippen molar-refractivity contribution >= 4 is 29.8 Å². The predicted octanol–water partition coefficient (Wildman–Crippen LogP) is 2.64. The minimum atomic E-state index is -0.108. The Morgan fingerprint density at radius 2 is 2.27 bits per heavy atom. The van der Waals surface area contributed by atoms with Crippen LogP contribution in [0.25, 0.3) is 12.2 Å². The first-order valence-corrected chi connectivity index (χ1v) is 8.20. The molecule has 1 atom stereocenters. The minimum Gasteiger partial charge on any atom is -0.462 e. The highest BCUT2D eigenvalue weighted by molar-refractivity contribution is 8.00. The maximum absolute atomic E-state index is 11.9. The first-order chi connectivity index (χ1) is 10.7. The lowest BCUT2D eigenvalue weighted by Gasteiger charge is -2.09. The van der Waals surface area contributed by atoms with Crippen molar-refractivity contribution < 1.29 is 9.21 Å². The maximum atomic E-state index is 11.9. The fraction of sp³-hybridized carbons (Fsp3) is 0.400. The third-order valence-corrected chi connectivity index (χ3v) is 4.51. The summed E-state index contributed by atoms with van der Waals surface area (Å²) in [5.74, 6) is 2.36. The molecule has 0 saturated carbocycles. The summed E-state index contributed by atoms with van der Waals surface area (Å²) in [6, 6.07) is 3.81. The molecule has 1 unspecified atom stereocenters. The Morgan fingerprint density at radius 3 is 3.09 bits per heavy atom. The highest BCUT2D eigenvalue weighted by Gasteiger charge is 2.23. The lowest BCUT2D eigenvalue weighted by atomic mass is 10.2. The smallest absolute Gasteiger partial charge is 0.233 e. The lowest BCUT2D eigenvalue weighted by molar-refractivity contribution is -0.120. The summed E-state index contributed by atoms with van der Waals surface area (Å²) in [4.78, 5) is 16.3. The predicted molar refractivity (Wildman–Crippen MR) is 85.3 cm³/mol. The second-order valence-corrected chi connectivity index (χ2v) is 6.35. The molecule has 3 heterocycles. The molecule has 116 valence electrons. The van der Waals surface area contributed by atoms with Gasteiger partial charge in [0.25, 0.3) is 0 Å². The summed E-state index contributed by atoms with van der Waals surface area (Å²) >= 11 is 1.41. The third kappa shape index (κ3) is 3.79. The quantitative estimate of drug-likeness (QED) is 0.905. The maximum Gasteiger partial charge on any atom is 0.233 e. The molecule has 22 heavy (non-hydrogen) atoms. The van der Waals surface area contributed by atoms with E-state index in [9.17, 15) is 4.79 Å². The van der Waals surface area contributed by atoms with E-state index in [-0.39, 0.29) is 11.2 Å². The number of nitrogens with one attached hydrogen (secondary N) is 2. The van der Waals surface area contributed by atoms with E-state index in [1.165, 1.54) is 11.8 Å². The van der Waals surface area contributed by atoms with E-state index in [2.05, 4.69) is 20.5 Å². The second-order valence-electron chi connectivity index (χ2n) is 5.18. The molecule has 2 aromatic heterocycles. The minimum absolute atomic E-state index is 0.0791. The van der Waals surface area contributed by atoms with Crippen LogP contribution in [0.15, 0.2) is 21.7 Å². The molecule has 0 aliphatic carbocycles. The zero-order chi connectivity index (χ0) is 15.4. The molecule has 1 fully saturated rings. The summed E-state index contributed by atoms with van der Waals surface area (Å²) < 4.78 is 5.45. The van der Waals surface area contributed by atoms with Crippen LogP contribution >= 0.6 is 11.8 Å². The van der Waals surface area contributed by atoms with Gasteiger partial charge in [0.1, 0.15) is 17.3 Å². The fourth-order valence-electron chi connectivity index (χ4n) is 2.24. The molecular weight excluding hydrogens is 300 g/mol. The summed E-state index contributed by atoms with van der Waals surface area (Å²) in [6.07, 6.45) is 6.59. The van der Waals surface area contributed by atoms with Crippen molar-refractivity contribution in [1.29, 1.82) is 0 Å². The Labute approximate surface area is 132 Å². The number of amides is 1. The van der Waals surface area contributed by atoms with Gasteiger partial charge in [-0.2, -0.15) is 0 Å². The van der Waals surface area contributed by atoms with Crippen LogP contribution in [0.4, 0.5) is 0 Å². The van der Waals surface area contributed by atoms with Crippen molar-refractivity contribution in [2.75, 3.05) is 6.54 Å². The normalized spacial score (nSPS) is 19.3. The van der Waals surface area contributed by atoms with Crippen molar-refractivity contribution in [2.24, 2.45) is 0 Å². The molecule has 1 aliphatic rings. The van der Waals surface area contributed by atoms with Gasteiger partial charge in [-0.15, -0.1) is 5.10 Å². The Bertz CT molecular complexity index is 677. The number of rotatable bonds is 4. The number of aryl methyl sites for hydroxylation is 1. The molecule has 0 spiro atoms. The highest BCUT2D eigenvalue weighted by atomic mass is 32.2. The molecule has 1 saturated heterocycles. The number of H-pyrrole nitrogens is 1. The molecular formula is C15H18N4O2S. The summed E-state index contributed by atoms with van der Waals surface area (Å²) in [6.45, 7) is 2.67. The summed E-state index contributed by atoms with van der Waals surface area (Å²) in [5.41, 5.74) is 0. The summed E-state index contributed by atoms with van der Waals surface area (Å²) in [7, 11) is 0. The van der Waals surface area contributed by atoms with E-state index in [1.54, 1.807) is 0 Å². The zero-order valence-corrected chi connectivity index (χ0v) is 13.2. The van der Waals surface area contributed by atoms with E-state index in [0.29, 0.717) is 11.0 Å². The van der Waals surface area contributed by atoms with E-state index in [1.807, 2.05) is 31.2 Å². The first kappa shape index (κ1) is 14.9. The first-order valence-electron chi connectivity index (χ1n) is 7.32. The van der Waals surface area contributed by atoms with Gasteiger partial charge in [0.2, 0.25) is 11.1 Å². The number of furan rings is 1. The van der Waals surface area contributed by atoms with Crippen molar-refractivity contribution in [3.05, 3.63) is 29.5 Å². The van der Waals surface area contributed by atoms with E-state index >= 15 is 0 Å². The van der Waals surface area contributed by atoms with Gasteiger partial charge in [-0.3, -0.25) is 9.89 Å². The molecule has 6 nitrogen and oxygen atoms in total. The van der Waals surface area contributed by atoms with Gasteiger partial charge < -0.3 is 9.73 Å². The highest BCUT2D eigenvalue weighted by Crippen LogP contribution is 2.25. The second kappa shape index (κ2) is 6.83. The molecule has 2 N–H and O–H groups in total. The van der Waals surface area contributed by atoms with Crippen LogP contribution in [0.1, 0.15) is 36.6 Å². The Morgan fingerprint density at radius 1 is 1.36 bits per heavy atom. The molecule has 7 heteroatoms. The average molecular weight is 318 g/mol. The van der Waals surface area contributed by atoms with Gasteiger partial charge in [-0.05, 0) is 44.1 Å². The van der Waals surface area contributed by atoms with Gasteiger partial charge in [0, 0.05) is 6.54 Å². The van der Waals surface area contributed by atoms with Crippen LogP contribution in [0.2, 0.25) is 0 Å². The average Bonchev–Trinajstić information content (AvgIpc) is 3.07. The molecule has 3 rings (SSSR count).